The molecule has 7 nitrogen and oxygen atoms in total. The lowest BCUT2D eigenvalue weighted by Gasteiger charge is -2.31. The van der Waals surface area contributed by atoms with Crippen molar-refractivity contribution in [1.82, 2.24) is 10.2 Å². The minimum absolute atomic E-state index is 0.0705. The van der Waals surface area contributed by atoms with Gasteiger partial charge in [0.1, 0.15) is 12.6 Å². The average Bonchev–Trinajstić information content (AvgIpc) is 2.71. The van der Waals surface area contributed by atoms with E-state index in [1.54, 1.807) is 62.4 Å². The quantitative estimate of drug-likeness (QED) is 0.464. The number of anilines is 1. The zero-order valence-corrected chi connectivity index (χ0v) is 21.2. The molecular weight excluding hydrogens is 553 g/mol. The van der Waals surface area contributed by atoms with Crippen molar-refractivity contribution in [3.8, 4) is 0 Å². The Morgan fingerprint density at radius 2 is 1.74 bits per heavy atom. The smallest absolute Gasteiger partial charge is 0.244 e. The number of hydrogen-bond acceptors (Lipinski definition) is 4. The van der Waals surface area contributed by atoms with Gasteiger partial charge in [-0.2, -0.15) is 0 Å². The van der Waals surface area contributed by atoms with Gasteiger partial charge in [-0.25, -0.2) is 8.42 Å². The zero-order chi connectivity index (χ0) is 23.2. The lowest BCUT2D eigenvalue weighted by molar-refractivity contribution is -0.139. The molecule has 0 unspecified atom stereocenters. The molecule has 0 aliphatic rings. The summed E-state index contributed by atoms with van der Waals surface area (Å²) in [4.78, 5) is 27.1. The molecule has 0 heterocycles. The lowest BCUT2D eigenvalue weighted by atomic mass is 10.1. The van der Waals surface area contributed by atoms with Gasteiger partial charge in [0.05, 0.1) is 11.9 Å². The number of likely N-dealkylation sites (N-methyl/N-ethyl adjacent to an activating group) is 1. The van der Waals surface area contributed by atoms with Crippen molar-refractivity contribution < 1.29 is 18.0 Å². The van der Waals surface area contributed by atoms with E-state index in [0.717, 1.165) is 14.1 Å². The standard InChI is InChI=1S/C21H25ClIN3O4S/c1-4-24-21(28)15(2)25(13-16-7-5-6-8-19(16)22)20(27)14-26(31(3,29)30)18-11-9-17(23)10-12-18/h5-12,15H,4,13-14H2,1-3H3,(H,24,28)/t15-/m1/s1. The third-order valence-corrected chi connectivity index (χ3v) is 6.84. The van der Waals surface area contributed by atoms with Gasteiger partial charge in [0.2, 0.25) is 21.8 Å². The third-order valence-electron chi connectivity index (χ3n) is 4.61. The first-order chi connectivity index (χ1) is 14.5. The Morgan fingerprint density at radius 3 is 2.29 bits per heavy atom. The van der Waals surface area contributed by atoms with Crippen molar-refractivity contribution in [2.45, 2.75) is 26.4 Å². The highest BCUT2D eigenvalue weighted by Crippen LogP contribution is 2.22. The molecule has 0 radical (unpaired) electrons. The summed E-state index contributed by atoms with van der Waals surface area (Å²) in [6.07, 6.45) is 1.05. The number of halogens is 2. The number of nitrogens with one attached hydrogen (secondary N) is 1. The van der Waals surface area contributed by atoms with E-state index in [0.29, 0.717) is 22.8 Å². The van der Waals surface area contributed by atoms with Crippen molar-refractivity contribution in [1.29, 1.82) is 0 Å². The van der Waals surface area contributed by atoms with Crippen molar-refractivity contribution in [3.05, 3.63) is 62.7 Å². The van der Waals surface area contributed by atoms with Crippen LogP contribution in [0, 0.1) is 3.57 Å². The van der Waals surface area contributed by atoms with E-state index in [1.165, 1.54) is 4.90 Å². The van der Waals surface area contributed by atoms with Crippen LogP contribution in [0.15, 0.2) is 48.5 Å². The van der Waals surface area contributed by atoms with E-state index in [9.17, 15) is 18.0 Å². The number of carbonyl (C=O) groups is 2. The van der Waals surface area contributed by atoms with Gasteiger partial charge in [0, 0.05) is 21.7 Å². The van der Waals surface area contributed by atoms with Gasteiger partial charge < -0.3 is 10.2 Å². The van der Waals surface area contributed by atoms with Crippen molar-refractivity contribution >= 4 is 61.7 Å². The van der Waals surface area contributed by atoms with Crippen LogP contribution in [0.4, 0.5) is 5.69 Å². The fourth-order valence-electron chi connectivity index (χ4n) is 2.94. The van der Waals surface area contributed by atoms with Crippen LogP contribution in [0.3, 0.4) is 0 Å². The Balaban J connectivity index is 2.38. The number of rotatable bonds is 9. The first kappa shape index (κ1) is 25.4. The Morgan fingerprint density at radius 1 is 1.13 bits per heavy atom. The Labute approximate surface area is 201 Å². The summed E-state index contributed by atoms with van der Waals surface area (Å²) in [6.45, 7) is 3.44. The summed E-state index contributed by atoms with van der Waals surface area (Å²) in [5.74, 6) is -0.842. The molecule has 0 saturated carbocycles. The topological polar surface area (TPSA) is 86.8 Å². The normalized spacial score (nSPS) is 12.2. The molecule has 1 atom stereocenters. The summed E-state index contributed by atoms with van der Waals surface area (Å²) in [7, 11) is -3.74. The Bertz CT molecular complexity index is 1030. The van der Waals surface area contributed by atoms with Gasteiger partial charge in [-0.3, -0.25) is 13.9 Å². The van der Waals surface area contributed by atoms with Crippen LogP contribution in [0.1, 0.15) is 19.4 Å². The second-order valence-electron chi connectivity index (χ2n) is 6.93. The predicted octanol–water partition coefficient (Wildman–Crippen LogP) is 3.26. The second-order valence-corrected chi connectivity index (χ2v) is 10.5. The summed E-state index contributed by atoms with van der Waals surface area (Å²) in [5, 5.41) is 3.16. The summed E-state index contributed by atoms with van der Waals surface area (Å²) in [6, 6.07) is 13.0. The molecule has 0 bridgehead atoms. The molecule has 10 heteroatoms. The maximum Gasteiger partial charge on any atom is 0.244 e. The molecule has 0 saturated heterocycles. The number of sulfonamides is 1. The van der Waals surface area contributed by atoms with Gasteiger partial charge in [0.15, 0.2) is 0 Å². The summed E-state index contributed by atoms with van der Waals surface area (Å²) >= 11 is 8.38. The van der Waals surface area contributed by atoms with Gasteiger partial charge in [-0.15, -0.1) is 0 Å². The second kappa shape index (κ2) is 11.1. The van der Waals surface area contributed by atoms with Crippen LogP contribution in [-0.2, 0) is 26.2 Å². The van der Waals surface area contributed by atoms with Gasteiger partial charge in [-0.1, -0.05) is 29.8 Å². The fourth-order valence-corrected chi connectivity index (χ4v) is 4.34. The van der Waals surface area contributed by atoms with Gasteiger partial charge in [-0.05, 0) is 72.3 Å². The highest BCUT2D eigenvalue weighted by Gasteiger charge is 2.30. The van der Waals surface area contributed by atoms with Crippen LogP contribution in [0.25, 0.3) is 0 Å². The van der Waals surface area contributed by atoms with Crippen LogP contribution in [0.5, 0.6) is 0 Å². The Hall–Kier alpha value is -1.85. The van der Waals surface area contributed by atoms with E-state index < -0.39 is 28.5 Å². The van der Waals surface area contributed by atoms with Crippen LogP contribution >= 0.6 is 34.2 Å². The number of amides is 2. The molecule has 0 spiro atoms. The monoisotopic (exact) mass is 577 g/mol. The Kier molecular flexibility index (Phi) is 9.14. The largest absolute Gasteiger partial charge is 0.355 e. The SMILES string of the molecule is CCNC(=O)[C@@H](C)N(Cc1ccccc1Cl)C(=O)CN(c1ccc(I)cc1)S(C)(=O)=O. The maximum absolute atomic E-state index is 13.3. The van der Waals surface area contributed by atoms with Crippen LogP contribution in [-0.4, -0.2) is 50.5 Å². The molecule has 1 N–H and O–H groups in total. The molecule has 0 aromatic heterocycles. The maximum atomic E-state index is 13.3. The van der Waals surface area contributed by atoms with E-state index >= 15 is 0 Å². The third kappa shape index (κ3) is 7.08. The molecule has 2 aromatic rings. The lowest BCUT2D eigenvalue weighted by Crippen LogP contribution is -2.51. The zero-order valence-electron chi connectivity index (χ0n) is 17.5. The highest BCUT2D eigenvalue weighted by atomic mass is 127. The summed E-state index contributed by atoms with van der Waals surface area (Å²) in [5.41, 5.74) is 1.04. The first-order valence-corrected chi connectivity index (χ1v) is 12.9. The number of benzene rings is 2. The fraction of sp³-hybridized carbons (Fsp3) is 0.333. The minimum atomic E-state index is -3.74. The molecule has 2 amide bonds. The molecule has 0 aliphatic carbocycles. The first-order valence-electron chi connectivity index (χ1n) is 9.58. The van der Waals surface area contributed by atoms with Crippen molar-refractivity contribution in [3.63, 3.8) is 0 Å². The minimum Gasteiger partial charge on any atom is -0.355 e. The molecule has 31 heavy (non-hydrogen) atoms. The molecule has 2 rings (SSSR count). The molecule has 2 aromatic carbocycles. The van der Waals surface area contributed by atoms with Gasteiger partial charge in [0.25, 0.3) is 0 Å². The van der Waals surface area contributed by atoms with E-state index in [4.69, 9.17) is 11.6 Å². The number of nitrogens with zero attached hydrogens (tertiary/aromatic N) is 2. The predicted molar refractivity (Wildman–Crippen MR) is 131 cm³/mol. The van der Waals surface area contributed by atoms with Crippen molar-refractivity contribution in [2.75, 3.05) is 23.7 Å². The number of carbonyl (C=O) groups excluding carboxylic acids is 2. The van der Waals surface area contributed by atoms with Crippen LogP contribution in [0.2, 0.25) is 5.02 Å². The molecule has 0 aliphatic heterocycles. The molecule has 0 fully saturated rings. The van der Waals surface area contributed by atoms with Gasteiger partial charge >= 0.3 is 0 Å². The molecule has 168 valence electrons. The molecular formula is C21H25ClIN3O4S. The van der Waals surface area contributed by atoms with E-state index in [2.05, 4.69) is 27.9 Å². The van der Waals surface area contributed by atoms with Crippen molar-refractivity contribution in [2.24, 2.45) is 0 Å². The van der Waals surface area contributed by atoms with Crippen LogP contribution < -0.4 is 9.62 Å². The number of hydrogen-bond donors (Lipinski definition) is 1. The average molecular weight is 578 g/mol. The highest BCUT2D eigenvalue weighted by molar-refractivity contribution is 14.1. The van der Waals surface area contributed by atoms with E-state index in [1.807, 2.05) is 0 Å². The van der Waals surface area contributed by atoms with E-state index in [-0.39, 0.29) is 12.5 Å². The summed E-state index contributed by atoms with van der Waals surface area (Å²) < 4.78 is 26.9.